The van der Waals surface area contributed by atoms with Crippen LogP contribution in [0.5, 0.6) is 0 Å². The lowest BCUT2D eigenvalue weighted by atomic mass is 10.3. The maximum atomic E-state index is 12.9. The number of hydrogen-bond donors (Lipinski definition) is 2. The summed E-state index contributed by atoms with van der Waals surface area (Å²) in [5.41, 5.74) is 5.83. The predicted molar refractivity (Wildman–Crippen MR) is 72.7 cm³/mol. The topological polar surface area (TPSA) is 94.1 Å². The van der Waals surface area contributed by atoms with Gasteiger partial charge in [0.25, 0.3) is 5.69 Å². The highest BCUT2D eigenvalue weighted by molar-refractivity contribution is 9.10. The summed E-state index contributed by atoms with van der Waals surface area (Å²) in [4.78, 5) is 14.1. The maximum Gasteiger partial charge on any atom is 0.276 e. The number of nitrogen functional groups attached to an aromatic ring is 1. The van der Waals surface area contributed by atoms with Gasteiger partial charge in [-0.15, -0.1) is 0 Å². The minimum atomic E-state index is -0.567. The molecule has 1 heterocycles. The van der Waals surface area contributed by atoms with Crippen LogP contribution in [0.1, 0.15) is 0 Å². The van der Waals surface area contributed by atoms with Gasteiger partial charge < -0.3 is 11.1 Å². The summed E-state index contributed by atoms with van der Waals surface area (Å²) >= 11 is 3.18. The molecule has 19 heavy (non-hydrogen) atoms. The molecule has 6 nitrogen and oxygen atoms in total. The van der Waals surface area contributed by atoms with Crippen molar-refractivity contribution < 1.29 is 9.31 Å². The van der Waals surface area contributed by atoms with Gasteiger partial charge in [-0.05, 0) is 34.1 Å². The number of anilines is 3. The van der Waals surface area contributed by atoms with E-state index in [1.165, 1.54) is 24.3 Å². The summed E-state index contributed by atoms with van der Waals surface area (Å²) in [6.45, 7) is 0. The molecular weight excluding hydrogens is 319 g/mol. The summed E-state index contributed by atoms with van der Waals surface area (Å²) in [6, 6.07) is 6.41. The molecule has 0 bridgehead atoms. The van der Waals surface area contributed by atoms with Gasteiger partial charge in [0, 0.05) is 4.47 Å². The Morgan fingerprint density at radius 2 is 2.11 bits per heavy atom. The molecule has 1 aromatic carbocycles. The molecule has 0 atom stereocenters. The molecule has 3 N–H and O–H groups in total. The van der Waals surface area contributed by atoms with Gasteiger partial charge in [0.15, 0.2) is 0 Å². The fourth-order valence-electron chi connectivity index (χ4n) is 1.44. The van der Waals surface area contributed by atoms with E-state index in [2.05, 4.69) is 26.2 Å². The highest BCUT2D eigenvalue weighted by Gasteiger charge is 2.11. The van der Waals surface area contributed by atoms with Crippen molar-refractivity contribution in [2.45, 2.75) is 0 Å². The van der Waals surface area contributed by atoms with Gasteiger partial charge in [-0.2, -0.15) is 0 Å². The van der Waals surface area contributed by atoms with E-state index < -0.39 is 10.7 Å². The lowest BCUT2D eigenvalue weighted by Crippen LogP contribution is -2.00. The fraction of sp³-hybridized carbons (Fsp3) is 0. The number of nitrogens with two attached hydrogens (primary N) is 1. The van der Waals surface area contributed by atoms with Crippen molar-refractivity contribution in [2.75, 3.05) is 11.1 Å². The normalized spacial score (nSPS) is 10.2. The minimum absolute atomic E-state index is 0.0231. The second-order valence-corrected chi connectivity index (χ2v) is 4.50. The molecule has 98 valence electrons. The van der Waals surface area contributed by atoms with E-state index in [9.17, 15) is 14.5 Å². The van der Waals surface area contributed by atoms with Crippen molar-refractivity contribution >= 4 is 38.9 Å². The Hall–Kier alpha value is -2.22. The largest absolute Gasteiger partial charge is 0.383 e. The first-order valence-corrected chi connectivity index (χ1v) is 5.89. The molecule has 0 fully saturated rings. The highest BCUT2D eigenvalue weighted by atomic mass is 79.9. The zero-order chi connectivity index (χ0) is 14.0. The van der Waals surface area contributed by atoms with E-state index in [0.717, 1.165) is 6.07 Å². The lowest BCUT2D eigenvalue weighted by Gasteiger charge is -2.08. The lowest BCUT2D eigenvalue weighted by molar-refractivity contribution is -0.384. The van der Waals surface area contributed by atoms with Crippen molar-refractivity contribution in [3.05, 3.63) is 50.7 Å². The zero-order valence-electron chi connectivity index (χ0n) is 9.43. The SMILES string of the molecule is Nc1cc([N+](=O)[O-])cc(Nc2ccc(F)cc2Br)n1. The van der Waals surface area contributed by atoms with Crippen LogP contribution in [0.3, 0.4) is 0 Å². The molecule has 8 heteroatoms. The Labute approximate surface area is 115 Å². The van der Waals surface area contributed by atoms with Gasteiger partial charge in [-0.25, -0.2) is 9.37 Å². The van der Waals surface area contributed by atoms with E-state index >= 15 is 0 Å². The Bertz CT molecular complexity index is 651. The van der Waals surface area contributed by atoms with Crippen molar-refractivity contribution in [2.24, 2.45) is 0 Å². The van der Waals surface area contributed by atoms with E-state index in [4.69, 9.17) is 5.73 Å². The second-order valence-electron chi connectivity index (χ2n) is 3.64. The molecule has 2 rings (SSSR count). The standard InChI is InChI=1S/C11H8BrFN4O2/c12-8-3-6(13)1-2-9(8)15-11-5-7(17(18)19)4-10(14)16-11/h1-5H,(H3,14,15,16). The molecule has 0 spiro atoms. The first-order valence-electron chi connectivity index (χ1n) is 5.10. The monoisotopic (exact) mass is 326 g/mol. The highest BCUT2D eigenvalue weighted by Crippen LogP contribution is 2.27. The van der Waals surface area contributed by atoms with Crippen molar-refractivity contribution in [1.82, 2.24) is 4.98 Å². The van der Waals surface area contributed by atoms with Crippen molar-refractivity contribution in [1.29, 1.82) is 0 Å². The van der Waals surface area contributed by atoms with Gasteiger partial charge in [-0.1, -0.05) is 0 Å². The molecule has 0 radical (unpaired) electrons. The van der Waals surface area contributed by atoms with Crippen LogP contribution in [0.25, 0.3) is 0 Å². The van der Waals surface area contributed by atoms with Crippen LogP contribution in [-0.4, -0.2) is 9.91 Å². The van der Waals surface area contributed by atoms with Crippen LogP contribution in [0, 0.1) is 15.9 Å². The third-order valence-corrected chi connectivity index (χ3v) is 2.89. The molecular formula is C11H8BrFN4O2. The zero-order valence-corrected chi connectivity index (χ0v) is 11.0. The summed E-state index contributed by atoms with van der Waals surface area (Å²) in [7, 11) is 0. The smallest absolute Gasteiger partial charge is 0.276 e. The quantitative estimate of drug-likeness (QED) is 0.667. The van der Waals surface area contributed by atoms with Crippen LogP contribution in [0.4, 0.5) is 27.4 Å². The number of nitro groups is 1. The van der Waals surface area contributed by atoms with E-state index in [1.807, 2.05) is 0 Å². The summed E-state index contributed by atoms with van der Waals surface area (Å²) in [6.07, 6.45) is 0. The first kappa shape index (κ1) is 13.2. The van der Waals surface area contributed by atoms with Gasteiger partial charge in [0.05, 0.1) is 22.7 Å². The van der Waals surface area contributed by atoms with Crippen LogP contribution >= 0.6 is 15.9 Å². The maximum absolute atomic E-state index is 12.9. The number of benzene rings is 1. The summed E-state index contributed by atoms with van der Waals surface area (Å²) < 4.78 is 13.4. The van der Waals surface area contributed by atoms with E-state index in [0.29, 0.717) is 10.2 Å². The number of nitrogens with zero attached hydrogens (tertiary/aromatic N) is 2. The van der Waals surface area contributed by atoms with Crippen LogP contribution in [0.15, 0.2) is 34.8 Å². The Kier molecular flexibility index (Phi) is 3.61. The predicted octanol–water partition coefficient (Wildman–Crippen LogP) is 3.22. The molecule has 1 aromatic heterocycles. The number of pyridine rings is 1. The van der Waals surface area contributed by atoms with Crippen LogP contribution < -0.4 is 11.1 Å². The third kappa shape index (κ3) is 3.16. The summed E-state index contributed by atoms with van der Waals surface area (Å²) in [5.74, 6) is -0.169. The number of aromatic nitrogens is 1. The average molecular weight is 327 g/mol. The molecule has 0 saturated heterocycles. The molecule has 2 aromatic rings. The summed E-state index contributed by atoms with van der Waals surface area (Å²) in [5, 5.41) is 13.5. The Morgan fingerprint density at radius 1 is 1.37 bits per heavy atom. The first-order chi connectivity index (χ1) is 8.95. The van der Waals surface area contributed by atoms with Crippen molar-refractivity contribution in [3.63, 3.8) is 0 Å². The molecule has 0 aliphatic carbocycles. The van der Waals surface area contributed by atoms with Crippen LogP contribution in [-0.2, 0) is 0 Å². The average Bonchev–Trinajstić information content (AvgIpc) is 2.32. The van der Waals surface area contributed by atoms with Crippen LogP contribution in [0.2, 0.25) is 0 Å². The number of halogens is 2. The number of rotatable bonds is 3. The Balaban J connectivity index is 2.35. The minimum Gasteiger partial charge on any atom is -0.383 e. The molecule has 0 saturated carbocycles. The van der Waals surface area contributed by atoms with E-state index in [1.54, 1.807) is 0 Å². The molecule has 0 aliphatic rings. The molecule has 0 aliphatic heterocycles. The van der Waals surface area contributed by atoms with E-state index in [-0.39, 0.29) is 17.3 Å². The molecule has 0 unspecified atom stereocenters. The van der Waals surface area contributed by atoms with Gasteiger partial charge >= 0.3 is 0 Å². The molecule has 0 amide bonds. The Morgan fingerprint density at radius 3 is 2.74 bits per heavy atom. The van der Waals surface area contributed by atoms with Gasteiger partial charge in [0.2, 0.25) is 0 Å². The number of hydrogen-bond acceptors (Lipinski definition) is 5. The second kappa shape index (κ2) is 5.19. The van der Waals surface area contributed by atoms with Crippen molar-refractivity contribution in [3.8, 4) is 0 Å². The number of nitrogens with one attached hydrogen (secondary N) is 1. The third-order valence-electron chi connectivity index (χ3n) is 2.23. The van der Waals surface area contributed by atoms with Gasteiger partial charge in [0.1, 0.15) is 17.5 Å². The van der Waals surface area contributed by atoms with Gasteiger partial charge in [-0.3, -0.25) is 10.1 Å². The fourth-order valence-corrected chi connectivity index (χ4v) is 1.89.